The van der Waals surface area contributed by atoms with Gasteiger partial charge in [-0.2, -0.15) is 5.26 Å². The van der Waals surface area contributed by atoms with Crippen LogP contribution in [0.25, 0.3) is 10.6 Å². The smallest absolute Gasteiger partial charge is 0.242 e. The number of nitrogens with zero attached hydrogens (tertiary/aromatic N) is 2. The van der Waals surface area contributed by atoms with Gasteiger partial charge in [0.15, 0.2) is 0 Å². The van der Waals surface area contributed by atoms with Crippen molar-refractivity contribution >= 4 is 34.5 Å². The minimum absolute atomic E-state index is 0.284. The normalized spacial score (nSPS) is 11.6. The first-order chi connectivity index (χ1) is 9.11. The average molecular weight is 292 g/mol. The molecule has 1 N–H and O–H groups in total. The molecule has 0 aliphatic heterocycles. The van der Waals surface area contributed by atoms with Crippen LogP contribution in [0.4, 0.5) is 5.69 Å². The first-order valence-corrected chi connectivity index (χ1v) is 6.77. The summed E-state index contributed by atoms with van der Waals surface area (Å²) < 4.78 is 0. The second-order valence-corrected chi connectivity index (χ2v) is 5.52. The number of aromatic nitrogens is 1. The maximum absolute atomic E-state index is 11.6. The van der Waals surface area contributed by atoms with E-state index in [1.54, 1.807) is 31.3 Å². The number of nitrogens with one attached hydrogen (secondary N) is 1. The third kappa shape index (κ3) is 3.11. The number of thiophene rings is 1. The Morgan fingerprint density at radius 3 is 2.95 bits per heavy atom. The van der Waals surface area contributed by atoms with E-state index < -0.39 is 5.38 Å². The van der Waals surface area contributed by atoms with Gasteiger partial charge in [0.25, 0.3) is 0 Å². The van der Waals surface area contributed by atoms with Gasteiger partial charge in [-0.3, -0.25) is 9.78 Å². The van der Waals surface area contributed by atoms with Crippen molar-refractivity contribution in [3.63, 3.8) is 0 Å². The lowest BCUT2D eigenvalue weighted by Crippen LogP contribution is -2.20. The molecule has 6 heteroatoms. The van der Waals surface area contributed by atoms with Crippen LogP contribution in [0, 0.1) is 11.3 Å². The zero-order valence-electron chi connectivity index (χ0n) is 10.1. The molecule has 1 atom stereocenters. The number of hydrogen-bond acceptors (Lipinski definition) is 4. The van der Waals surface area contributed by atoms with Crippen molar-refractivity contribution < 1.29 is 4.79 Å². The zero-order chi connectivity index (χ0) is 13.8. The first-order valence-electron chi connectivity index (χ1n) is 5.52. The van der Waals surface area contributed by atoms with E-state index in [9.17, 15) is 4.79 Å². The molecule has 0 saturated heterocycles. The summed E-state index contributed by atoms with van der Waals surface area (Å²) in [5.41, 5.74) is 1.23. The number of anilines is 1. The fraction of sp³-hybridized carbons (Fsp3) is 0.154. The Morgan fingerprint density at radius 1 is 1.53 bits per heavy atom. The molecule has 2 aromatic rings. The molecular weight excluding hydrogens is 282 g/mol. The number of nitriles is 1. The fourth-order valence-electron chi connectivity index (χ4n) is 1.46. The van der Waals surface area contributed by atoms with E-state index in [1.165, 1.54) is 11.3 Å². The van der Waals surface area contributed by atoms with Crippen molar-refractivity contribution in [1.82, 2.24) is 4.98 Å². The molecule has 0 fully saturated rings. The van der Waals surface area contributed by atoms with Crippen LogP contribution in [0.2, 0.25) is 0 Å². The lowest BCUT2D eigenvalue weighted by atomic mass is 10.2. The lowest BCUT2D eigenvalue weighted by Gasteiger charge is -2.09. The van der Waals surface area contributed by atoms with Crippen molar-refractivity contribution in [3.05, 3.63) is 35.3 Å². The molecule has 2 aromatic heterocycles. The van der Waals surface area contributed by atoms with E-state index in [0.717, 1.165) is 4.88 Å². The molecule has 2 rings (SSSR count). The van der Waals surface area contributed by atoms with Crippen molar-refractivity contribution in [2.45, 2.75) is 12.3 Å². The first kappa shape index (κ1) is 13.5. The van der Waals surface area contributed by atoms with Crippen molar-refractivity contribution in [2.24, 2.45) is 0 Å². The summed E-state index contributed by atoms with van der Waals surface area (Å²) >= 11 is 7.06. The van der Waals surface area contributed by atoms with Gasteiger partial charge < -0.3 is 5.32 Å². The standard InChI is InChI=1S/C13H10ClN3OS/c1-8(14)13(18)17-10-3-2-6-16-12(10)11-5-4-9(7-15)19-11/h2-6,8H,1H3,(H,17,18). The summed E-state index contributed by atoms with van der Waals surface area (Å²) in [6.45, 7) is 1.60. The topological polar surface area (TPSA) is 65.8 Å². The van der Waals surface area contributed by atoms with E-state index in [4.69, 9.17) is 16.9 Å². The summed E-state index contributed by atoms with van der Waals surface area (Å²) in [6, 6.07) is 9.10. The molecule has 0 saturated carbocycles. The van der Waals surface area contributed by atoms with Crippen LogP contribution in [0.3, 0.4) is 0 Å². The summed E-state index contributed by atoms with van der Waals surface area (Å²) in [5, 5.41) is 10.9. The molecule has 1 unspecified atom stereocenters. The Kier molecular flexibility index (Phi) is 4.15. The van der Waals surface area contributed by atoms with Crippen molar-refractivity contribution in [1.29, 1.82) is 5.26 Å². The molecule has 19 heavy (non-hydrogen) atoms. The molecular formula is C13H10ClN3OS. The molecule has 0 spiro atoms. The third-order valence-electron chi connectivity index (χ3n) is 2.38. The van der Waals surface area contributed by atoms with Crippen LogP contribution >= 0.6 is 22.9 Å². The van der Waals surface area contributed by atoms with Gasteiger partial charge in [0.2, 0.25) is 5.91 Å². The molecule has 96 valence electrons. The van der Waals surface area contributed by atoms with E-state index in [-0.39, 0.29) is 5.91 Å². The molecule has 4 nitrogen and oxygen atoms in total. The third-order valence-corrected chi connectivity index (χ3v) is 3.57. The summed E-state index contributed by atoms with van der Waals surface area (Å²) in [7, 11) is 0. The summed E-state index contributed by atoms with van der Waals surface area (Å²) in [4.78, 5) is 17.3. The molecule has 2 heterocycles. The lowest BCUT2D eigenvalue weighted by molar-refractivity contribution is -0.115. The highest BCUT2D eigenvalue weighted by atomic mass is 35.5. The van der Waals surface area contributed by atoms with Gasteiger partial charge in [-0.25, -0.2) is 0 Å². The second-order valence-electron chi connectivity index (χ2n) is 3.78. The molecule has 0 aromatic carbocycles. The van der Waals surface area contributed by atoms with Crippen LogP contribution in [0.5, 0.6) is 0 Å². The molecule has 0 aliphatic rings. The molecule has 0 radical (unpaired) electrons. The second kappa shape index (κ2) is 5.83. The predicted molar refractivity (Wildman–Crippen MR) is 76.2 cm³/mol. The van der Waals surface area contributed by atoms with Crippen LogP contribution in [0.15, 0.2) is 30.5 Å². The largest absolute Gasteiger partial charge is 0.323 e. The monoisotopic (exact) mass is 291 g/mol. The van der Waals surface area contributed by atoms with Gasteiger partial charge in [0, 0.05) is 6.20 Å². The van der Waals surface area contributed by atoms with E-state index >= 15 is 0 Å². The minimum atomic E-state index is -0.619. The fourth-order valence-corrected chi connectivity index (χ4v) is 2.33. The molecule has 0 bridgehead atoms. The van der Waals surface area contributed by atoms with Gasteiger partial charge in [-0.15, -0.1) is 22.9 Å². The van der Waals surface area contributed by atoms with Gasteiger partial charge in [-0.05, 0) is 31.2 Å². The maximum atomic E-state index is 11.6. The highest BCUT2D eigenvalue weighted by molar-refractivity contribution is 7.16. The zero-order valence-corrected chi connectivity index (χ0v) is 11.6. The number of rotatable bonds is 3. The predicted octanol–water partition coefficient (Wildman–Crippen LogP) is 3.25. The van der Waals surface area contributed by atoms with E-state index in [0.29, 0.717) is 16.3 Å². The van der Waals surface area contributed by atoms with Crippen molar-refractivity contribution in [3.8, 4) is 16.6 Å². The Morgan fingerprint density at radius 2 is 2.32 bits per heavy atom. The Balaban J connectivity index is 2.36. The van der Waals surface area contributed by atoms with Crippen LogP contribution < -0.4 is 5.32 Å². The van der Waals surface area contributed by atoms with Crippen molar-refractivity contribution in [2.75, 3.05) is 5.32 Å². The highest BCUT2D eigenvalue weighted by Crippen LogP contribution is 2.31. The van der Waals surface area contributed by atoms with Crippen LogP contribution in [0.1, 0.15) is 11.8 Å². The summed E-state index contributed by atoms with van der Waals surface area (Å²) in [6.07, 6.45) is 1.64. The van der Waals surface area contributed by atoms with Gasteiger partial charge in [0.05, 0.1) is 10.6 Å². The number of carbonyl (C=O) groups excluding carboxylic acids is 1. The molecule has 1 amide bonds. The Hall–Kier alpha value is -1.90. The highest BCUT2D eigenvalue weighted by Gasteiger charge is 2.14. The number of hydrogen-bond donors (Lipinski definition) is 1. The average Bonchev–Trinajstić information content (AvgIpc) is 2.88. The van der Waals surface area contributed by atoms with Crippen LogP contribution in [-0.4, -0.2) is 16.3 Å². The quantitative estimate of drug-likeness (QED) is 0.883. The number of amides is 1. The maximum Gasteiger partial charge on any atom is 0.242 e. The molecule has 0 aliphatic carbocycles. The van der Waals surface area contributed by atoms with E-state index in [2.05, 4.69) is 16.4 Å². The number of alkyl halides is 1. The van der Waals surface area contributed by atoms with Gasteiger partial charge in [0.1, 0.15) is 22.0 Å². The van der Waals surface area contributed by atoms with Gasteiger partial charge >= 0.3 is 0 Å². The van der Waals surface area contributed by atoms with Crippen LogP contribution in [-0.2, 0) is 4.79 Å². The number of carbonyl (C=O) groups is 1. The Bertz CT molecular complexity index is 645. The number of pyridine rings is 1. The minimum Gasteiger partial charge on any atom is -0.323 e. The summed E-state index contributed by atoms with van der Waals surface area (Å²) in [5.74, 6) is -0.284. The van der Waals surface area contributed by atoms with Gasteiger partial charge in [-0.1, -0.05) is 0 Å². The van der Waals surface area contributed by atoms with E-state index in [1.807, 2.05) is 6.07 Å². The Labute approximate surface area is 119 Å². The number of halogens is 1. The SMILES string of the molecule is CC(Cl)C(=O)Nc1cccnc1-c1ccc(C#N)s1.